The third kappa shape index (κ3) is 2.82. The Balaban J connectivity index is 1.58. The Labute approximate surface area is 124 Å². The Morgan fingerprint density at radius 2 is 1.95 bits per heavy atom. The average Bonchev–Trinajstić information content (AvgIpc) is 2.88. The van der Waals surface area contributed by atoms with E-state index < -0.39 is 0 Å². The molecule has 0 amide bonds. The zero-order valence-electron chi connectivity index (χ0n) is 11.5. The second-order valence-corrected chi connectivity index (χ2v) is 5.61. The van der Waals surface area contributed by atoms with Crippen molar-refractivity contribution < 1.29 is 4.74 Å². The molecule has 0 spiro atoms. The van der Waals surface area contributed by atoms with E-state index in [0.29, 0.717) is 0 Å². The smallest absolute Gasteiger partial charge is 0.123 e. The standard InChI is InChI=1S/C17H18ClNO/c1-12(15-7-3-4-8-16(15)18)19-11-14-10-13-6-2-5-9-17(13)20-14/h2-9,12,14,19H,10-11H2,1H3/t12-,14?/m0/s1. The minimum atomic E-state index is 0.206. The highest BCUT2D eigenvalue weighted by atomic mass is 35.5. The van der Waals surface area contributed by atoms with Crippen molar-refractivity contribution in [1.29, 1.82) is 0 Å². The predicted octanol–water partition coefficient (Wildman–Crippen LogP) is 3.99. The molecule has 1 unspecified atom stereocenters. The van der Waals surface area contributed by atoms with E-state index in [4.69, 9.17) is 16.3 Å². The molecule has 1 aliphatic rings. The van der Waals surface area contributed by atoms with E-state index in [9.17, 15) is 0 Å². The van der Waals surface area contributed by atoms with Crippen molar-refractivity contribution in [3.05, 3.63) is 64.7 Å². The largest absolute Gasteiger partial charge is 0.488 e. The van der Waals surface area contributed by atoms with Gasteiger partial charge >= 0.3 is 0 Å². The highest BCUT2D eigenvalue weighted by molar-refractivity contribution is 6.31. The number of hydrogen-bond acceptors (Lipinski definition) is 2. The molecule has 2 nitrogen and oxygen atoms in total. The minimum absolute atomic E-state index is 0.206. The number of nitrogens with one attached hydrogen (secondary N) is 1. The molecule has 104 valence electrons. The van der Waals surface area contributed by atoms with Crippen LogP contribution in [-0.4, -0.2) is 12.6 Å². The van der Waals surface area contributed by atoms with E-state index in [2.05, 4.69) is 30.4 Å². The molecule has 1 aliphatic heterocycles. The molecule has 0 bridgehead atoms. The van der Waals surface area contributed by atoms with Gasteiger partial charge in [-0.2, -0.15) is 0 Å². The monoisotopic (exact) mass is 287 g/mol. The average molecular weight is 288 g/mol. The number of fused-ring (bicyclic) bond motifs is 1. The first-order valence-corrected chi connectivity index (χ1v) is 7.34. The lowest BCUT2D eigenvalue weighted by atomic mass is 10.1. The number of hydrogen-bond donors (Lipinski definition) is 1. The van der Waals surface area contributed by atoms with Gasteiger partial charge in [-0.05, 0) is 30.2 Å². The maximum Gasteiger partial charge on any atom is 0.123 e. The summed E-state index contributed by atoms with van der Waals surface area (Å²) in [6.07, 6.45) is 1.18. The minimum Gasteiger partial charge on any atom is -0.488 e. The van der Waals surface area contributed by atoms with Crippen LogP contribution in [0.5, 0.6) is 5.75 Å². The van der Waals surface area contributed by atoms with Crippen LogP contribution in [0.3, 0.4) is 0 Å². The van der Waals surface area contributed by atoms with Crippen molar-refractivity contribution in [1.82, 2.24) is 5.32 Å². The van der Waals surface area contributed by atoms with Crippen molar-refractivity contribution in [2.75, 3.05) is 6.54 Å². The summed E-state index contributed by atoms with van der Waals surface area (Å²) in [5.41, 5.74) is 2.43. The number of rotatable bonds is 4. The van der Waals surface area contributed by atoms with Crippen molar-refractivity contribution in [3.8, 4) is 5.75 Å². The molecule has 0 fully saturated rings. The second-order valence-electron chi connectivity index (χ2n) is 5.20. The number of halogens is 1. The van der Waals surface area contributed by atoms with Crippen LogP contribution in [0, 0.1) is 0 Å². The summed E-state index contributed by atoms with van der Waals surface area (Å²) in [6.45, 7) is 2.95. The summed E-state index contributed by atoms with van der Waals surface area (Å²) >= 11 is 6.22. The molecule has 0 aliphatic carbocycles. The van der Waals surface area contributed by atoms with Crippen LogP contribution in [0.2, 0.25) is 5.02 Å². The highest BCUT2D eigenvalue weighted by Crippen LogP contribution is 2.28. The van der Waals surface area contributed by atoms with Crippen LogP contribution in [0.25, 0.3) is 0 Å². The van der Waals surface area contributed by atoms with Gasteiger partial charge in [-0.25, -0.2) is 0 Å². The topological polar surface area (TPSA) is 21.3 Å². The Morgan fingerprint density at radius 1 is 1.20 bits per heavy atom. The van der Waals surface area contributed by atoms with Crippen molar-refractivity contribution in [3.63, 3.8) is 0 Å². The number of ether oxygens (including phenoxy) is 1. The fourth-order valence-electron chi connectivity index (χ4n) is 2.61. The Morgan fingerprint density at radius 3 is 2.75 bits per heavy atom. The van der Waals surface area contributed by atoms with Crippen LogP contribution in [-0.2, 0) is 6.42 Å². The first-order chi connectivity index (χ1) is 9.74. The molecule has 20 heavy (non-hydrogen) atoms. The van der Waals surface area contributed by atoms with E-state index >= 15 is 0 Å². The van der Waals surface area contributed by atoms with Gasteiger partial charge in [-0.3, -0.25) is 0 Å². The van der Waals surface area contributed by atoms with Crippen molar-refractivity contribution in [2.24, 2.45) is 0 Å². The molecule has 3 heteroatoms. The first-order valence-electron chi connectivity index (χ1n) is 6.96. The predicted molar refractivity (Wildman–Crippen MR) is 82.4 cm³/mol. The first kappa shape index (κ1) is 13.5. The highest BCUT2D eigenvalue weighted by Gasteiger charge is 2.22. The van der Waals surface area contributed by atoms with Crippen LogP contribution in [0.4, 0.5) is 0 Å². The van der Waals surface area contributed by atoms with Crippen LogP contribution in [0.1, 0.15) is 24.1 Å². The molecule has 0 saturated heterocycles. The van der Waals surface area contributed by atoms with Gasteiger partial charge in [0.1, 0.15) is 11.9 Å². The summed E-state index contributed by atoms with van der Waals surface area (Å²) in [7, 11) is 0. The molecule has 0 saturated carbocycles. The fraction of sp³-hybridized carbons (Fsp3) is 0.294. The molecular formula is C17H18ClNO. The third-order valence-electron chi connectivity index (χ3n) is 3.74. The fourth-order valence-corrected chi connectivity index (χ4v) is 2.91. The number of benzene rings is 2. The quantitative estimate of drug-likeness (QED) is 0.918. The van der Waals surface area contributed by atoms with E-state index in [1.165, 1.54) is 5.56 Å². The van der Waals surface area contributed by atoms with Crippen LogP contribution < -0.4 is 10.1 Å². The Hall–Kier alpha value is -1.51. The molecule has 1 N–H and O–H groups in total. The van der Waals surface area contributed by atoms with Gasteiger partial charge in [0, 0.05) is 24.0 Å². The Bertz CT molecular complexity index is 574. The summed E-state index contributed by atoms with van der Waals surface area (Å²) in [4.78, 5) is 0. The number of para-hydroxylation sites is 1. The maximum atomic E-state index is 6.22. The van der Waals surface area contributed by atoms with Gasteiger partial charge in [-0.15, -0.1) is 0 Å². The molecule has 3 rings (SSSR count). The van der Waals surface area contributed by atoms with E-state index in [1.807, 2.05) is 30.3 Å². The van der Waals surface area contributed by atoms with Gasteiger partial charge in [0.2, 0.25) is 0 Å². The lowest BCUT2D eigenvalue weighted by molar-refractivity contribution is 0.222. The molecule has 2 aromatic carbocycles. The zero-order valence-corrected chi connectivity index (χ0v) is 12.2. The summed E-state index contributed by atoms with van der Waals surface area (Å²) < 4.78 is 5.93. The summed E-state index contributed by atoms with van der Waals surface area (Å²) in [6, 6.07) is 16.4. The lowest BCUT2D eigenvalue weighted by Gasteiger charge is -2.18. The third-order valence-corrected chi connectivity index (χ3v) is 4.08. The normalized spacial score (nSPS) is 18.4. The lowest BCUT2D eigenvalue weighted by Crippen LogP contribution is -2.32. The van der Waals surface area contributed by atoms with E-state index in [-0.39, 0.29) is 12.1 Å². The van der Waals surface area contributed by atoms with Gasteiger partial charge in [0.25, 0.3) is 0 Å². The second kappa shape index (κ2) is 5.86. The van der Waals surface area contributed by atoms with E-state index in [1.54, 1.807) is 0 Å². The zero-order chi connectivity index (χ0) is 13.9. The van der Waals surface area contributed by atoms with Gasteiger partial charge < -0.3 is 10.1 Å². The summed E-state index contributed by atoms with van der Waals surface area (Å²) in [5, 5.41) is 4.32. The molecule has 2 aromatic rings. The molecule has 0 aromatic heterocycles. The molecule has 1 heterocycles. The van der Waals surface area contributed by atoms with Gasteiger partial charge in [0.15, 0.2) is 0 Å². The maximum absolute atomic E-state index is 6.22. The Kier molecular flexibility index (Phi) is 3.95. The van der Waals surface area contributed by atoms with Crippen molar-refractivity contribution in [2.45, 2.75) is 25.5 Å². The molecule has 2 atom stereocenters. The van der Waals surface area contributed by atoms with E-state index in [0.717, 1.165) is 29.3 Å². The van der Waals surface area contributed by atoms with Crippen LogP contribution in [0.15, 0.2) is 48.5 Å². The van der Waals surface area contributed by atoms with Gasteiger partial charge in [-0.1, -0.05) is 48.0 Å². The van der Waals surface area contributed by atoms with Crippen LogP contribution >= 0.6 is 11.6 Å². The SMILES string of the molecule is C[C@H](NCC1Cc2ccccc2O1)c1ccccc1Cl. The molecule has 0 radical (unpaired) electrons. The van der Waals surface area contributed by atoms with Crippen molar-refractivity contribution >= 4 is 11.6 Å². The molecular weight excluding hydrogens is 270 g/mol. The summed E-state index contributed by atoms with van der Waals surface area (Å²) in [5.74, 6) is 1.02. The van der Waals surface area contributed by atoms with Gasteiger partial charge in [0.05, 0.1) is 0 Å².